The van der Waals surface area contributed by atoms with Crippen LogP contribution < -0.4 is 5.32 Å². The summed E-state index contributed by atoms with van der Waals surface area (Å²) in [6.45, 7) is 7.49. The highest BCUT2D eigenvalue weighted by Gasteiger charge is 2.34. The highest BCUT2D eigenvalue weighted by Crippen LogP contribution is 2.33. The van der Waals surface area contributed by atoms with E-state index in [1.807, 2.05) is 32.9 Å². The minimum atomic E-state index is -0.483. The van der Waals surface area contributed by atoms with Crippen LogP contribution in [0.5, 0.6) is 0 Å². The van der Waals surface area contributed by atoms with Gasteiger partial charge in [0.1, 0.15) is 5.60 Å². The number of carbonyl (C=O) groups is 1. The molecule has 1 amide bonds. The summed E-state index contributed by atoms with van der Waals surface area (Å²) in [7, 11) is 0. The van der Waals surface area contributed by atoms with Gasteiger partial charge in [-0.1, -0.05) is 23.2 Å². The van der Waals surface area contributed by atoms with E-state index in [0.29, 0.717) is 6.04 Å². The number of amides is 1. The van der Waals surface area contributed by atoms with Crippen molar-refractivity contribution in [2.75, 3.05) is 13.1 Å². The maximum atomic E-state index is 12.4. The smallest absolute Gasteiger partial charge is 0.410 e. The summed E-state index contributed by atoms with van der Waals surface area (Å²) in [6.07, 6.45) is 7.92. The Morgan fingerprint density at radius 3 is 2.05 bits per heavy atom. The van der Waals surface area contributed by atoms with E-state index in [-0.39, 0.29) is 12.1 Å². The molecule has 0 bridgehead atoms. The van der Waals surface area contributed by atoms with Gasteiger partial charge in [-0.15, -0.1) is 22.7 Å². The zero-order valence-corrected chi connectivity index (χ0v) is 28.1. The summed E-state index contributed by atoms with van der Waals surface area (Å²) in [5.41, 5.74) is 3.89. The third-order valence-electron chi connectivity index (χ3n) is 7.48. The van der Waals surface area contributed by atoms with E-state index in [2.05, 4.69) is 50.0 Å². The summed E-state index contributed by atoms with van der Waals surface area (Å²) in [5, 5.41) is 18.6. The Hall–Kier alpha value is -2.37. The lowest BCUT2D eigenvalue weighted by Crippen LogP contribution is -2.36. The normalized spacial score (nSPS) is 18.6. The van der Waals surface area contributed by atoms with Gasteiger partial charge in [0, 0.05) is 27.7 Å². The number of hydrogen-bond acceptors (Lipinski definition) is 7. The third kappa shape index (κ3) is 9.31. The van der Waals surface area contributed by atoms with Crippen molar-refractivity contribution in [2.24, 2.45) is 0 Å². The minimum absolute atomic E-state index is 0.00367. The molecule has 3 N–H and O–H groups in total. The first kappa shape index (κ1) is 32.0. The van der Waals surface area contributed by atoms with Gasteiger partial charge in [-0.2, -0.15) is 10.2 Å². The van der Waals surface area contributed by atoms with E-state index in [0.717, 1.165) is 77.4 Å². The second kappa shape index (κ2) is 14.6. The van der Waals surface area contributed by atoms with Gasteiger partial charge in [0.25, 0.3) is 0 Å². The molecule has 0 radical (unpaired) electrons. The van der Waals surface area contributed by atoms with Crippen LogP contribution in [0.1, 0.15) is 91.1 Å². The molecule has 6 heterocycles. The second-order valence-electron chi connectivity index (χ2n) is 12.0. The average Bonchev–Trinajstić information content (AvgIpc) is 3.79. The highest BCUT2D eigenvalue weighted by molar-refractivity contribution is 7.16. The van der Waals surface area contributed by atoms with Crippen LogP contribution >= 0.6 is 45.9 Å². The average molecular weight is 664 g/mol. The van der Waals surface area contributed by atoms with Gasteiger partial charge >= 0.3 is 6.09 Å². The second-order valence-corrected chi connectivity index (χ2v) is 15.6. The number of carbonyl (C=O) groups excluding carboxylic acids is 1. The number of ether oxygens (including phenoxy) is 1. The Kier molecular flexibility index (Phi) is 10.9. The molecule has 232 valence electrons. The fourth-order valence-corrected chi connectivity index (χ4v) is 7.58. The fourth-order valence-electron chi connectivity index (χ4n) is 5.40. The van der Waals surface area contributed by atoms with Gasteiger partial charge in [0.2, 0.25) is 0 Å². The molecule has 2 saturated heterocycles. The molecule has 0 saturated carbocycles. The number of aromatic nitrogens is 4. The maximum Gasteiger partial charge on any atom is 0.410 e. The Morgan fingerprint density at radius 1 is 0.907 bits per heavy atom. The third-order valence-corrected chi connectivity index (χ3v) is 10.1. The number of nitrogens with zero attached hydrogens (tertiary/aromatic N) is 3. The molecule has 2 unspecified atom stereocenters. The van der Waals surface area contributed by atoms with Crippen LogP contribution in [-0.2, 0) is 30.4 Å². The Balaban J connectivity index is 0.000000180. The minimum Gasteiger partial charge on any atom is -0.444 e. The molecule has 0 aromatic carbocycles. The van der Waals surface area contributed by atoms with Gasteiger partial charge in [-0.25, -0.2) is 4.79 Å². The van der Waals surface area contributed by atoms with Crippen molar-refractivity contribution >= 4 is 52.0 Å². The van der Waals surface area contributed by atoms with Crippen LogP contribution in [0.25, 0.3) is 0 Å². The molecule has 6 rings (SSSR count). The predicted molar refractivity (Wildman–Crippen MR) is 176 cm³/mol. The first-order valence-electron chi connectivity index (χ1n) is 14.9. The Morgan fingerprint density at radius 2 is 1.51 bits per heavy atom. The number of hydrogen-bond donors (Lipinski definition) is 3. The topological polar surface area (TPSA) is 98.9 Å². The SMILES string of the molecule is CC(C)(C)OC(=O)N1CCCC1c1cc(CCc2ccc(Cl)s2)[nH]n1.Clc1ccc(CCc2cc(C3CCCN3)n[nH]2)s1. The van der Waals surface area contributed by atoms with Crippen molar-refractivity contribution in [1.82, 2.24) is 30.6 Å². The predicted octanol–water partition coefficient (Wildman–Crippen LogP) is 8.32. The summed E-state index contributed by atoms with van der Waals surface area (Å²) < 4.78 is 7.21. The Bertz CT molecular complexity index is 1470. The molecule has 43 heavy (non-hydrogen) atoms. The maximum absolute atomic E-state index is 12.4. The monoisotopic (exact) mass is 662 g/mol. The molecule has 0 aliphatic carbocycles. The quantitative estimate of drug-likeness (QED) is 0.176. The first-order chi connectivity index (χ1) is 20.6. The van der Waals surface area contributed by atoms with Gasteiger partial charge < -0.3 is 10.1 Å². The molecule has 4 aromatic heterocycles. The molecule has 4 aromatic rings. The zero-order valence-electron chi connectivity index (χ0n) is 24.9. The number of aryl methyl sites for hydroxylation is 4. The van der Waals surface area contributed by atoms with Crippen molar-refractivity contribution in [2.45, 2.75) is 89.8 Å². The first-order valence-corrected chi connectivity index (χ1v) is 17.3. The van der Waals surface area contributed by atoms with Crippen LogP contribution in [0.2, 0.25) is 8.67 Å². The van der Waals surface area contributed by atoms with Crippen molar-refractivity contribution in [3.63, 3.8) is 0 Å². The lowest BCUT2D eigenvalue weighted by Gasteiger charge is -2.27. The van der Waals surface area contributed by atoms with E-state index in [4.69, 9.17) is 27.9 Å². The molecule has 8 nitrogen and oxygen atoms in total. The van der Waals surface area contributed by atoms with Crippen molar-refractivity contribution in [3.05, 3.63) is 77.6 Å². The zero-order chi connectivity index (χ0) is 30.4. The molecular weight excluding hydrogens is 623 g/mol. The molecule has 12 heteroatoms. The summed E-state index contributed by atoms with van der Waals surface area (Å²) in [4.78, 5) is 16.8. The van der Waals surface area contributed by atoms with Gasteiger partial charge in [-0.3, -0.25) is 15.1 Å². The number of H-pyrrole nitrogens is 2. The van der Waals surface area contributed by atoms with Crippen LogP contribution in [0.3, 0.4) is 0 Å². The van der Waals surface area contributed by atoms with Gasteiger partial charge in [-0.05, 0) is 115 Å². The summed E-state index contributed by atoms with van der Waals surface area (Å²) in [6, 6.07) is 12.8. The summed E-state index contributed by atoms with van der Waals surface area (Å²) >= 11 is 15.2. The number of thiophene rings is 2. The largest absolute Gasteiger partial charge is 0.444 e. The van der Waals surface area contributed by atoms with Crippen LogP contribution in [0, 0.1) is 0 Å². The Labute approximate surface area is 271 Å². The molecule has 2 aliphatic heterocycles. The van der Waals surface area contributed by atoms with Crippen LogP contribution in [0.15, 0.2) is 36.4 Å². The van der Waals surface area contributed by atoms with Crippen LogP contribution in [0.4, 0.5) is 4.79 Å². The molecule has 2 aliphatic rings. The lowest BCUT2D eigenvalue weighted by atomic mass is 10.1. The van der Waals surface area contributed by atoms with E-state index in [1.54, 1.807) is 27.6 Å². The number of likely N-dealkylation sites (tertiary alicyclic amines) is 1. The number of rotatable bonds is 8. The van der Waals surface area contributed by atoms with Crippen molar-refractivity contribution in [3.8, 4) is 0 Å². The summed E-state index contributed by atoms with van der Waals surface area (Å²) in [5.74, 6) is 0. The van der Waals surface area contributed by atoms with Crippen molar-refractivity contribution < 1.29 is 9.53 Å². The standard InChI is InChI=1S/C18H24ClN3O2S.C13H16ClN3S/c1-18(2,3)24-17(23)22-10-4-5-15(22)14-11-12(20-21-14)6-7-13-8-9-16(19)25-13;14-13-6-5-10(18-13)4-3-9-8-12(17-16-9)11-2-1-7-15-11/h8-9,11,15H,4-7,10H2,1-3H3,(H,20,21);5-6,8,11,15H,1-4,7H2,(H,16,17). The molecular formula is C31H40Cl2N6O2S2. The van der Waals surface area contributed by atoms with Gasteiger partial charge in [0.05, 0.1) is 32.1 Å². The molecule has 0 spiro atoms. The number of nitrogens with one attached hydrogen (secondary N) is 3. The van der Waals surface area contributed by atoms with E-state index in [1.165, 1.54) is 28.3 Å². The van der Waals surface area contributed by atoms with E-state index in [9.17, 15) is 4.79 Å². The molecule has 2 atom stereocenters. The fraction of sp³-hybridized carbons (Fsp3) is 0.516. The van der Waals surface area contributed by atoms with Gasteiger partial charge in [0.15, 0.2) is 0 Å². The highest BCUT2D eigenvalue weighted by atomic mass is 35.5. The number of halogens is 2. The van der Waals surface area contributed by atoms with Crippen molar-refractivity contribution in [1.29, 1.82) is 0 Å². The lowest BCUT2D eigenvalue weighted by molar-refractivity contribution is 0.0221. The van der Waals surface area contributed by atoms with E-state index < -0.39 is 5.60 Å². The van der Waals surface area contributed by atoms with E-state index >= 15 is 0 Å². The molecule has 2 fully saturated rings. The van der Waals surface area contributed by atoms with Crippen LogP contribution in [-0.4, -0.2) is 50.1 Å². The number of aromatic amines is 2.